The Kier molecular flexibility index (Phi) is 5.03. The van der Waals surface area contributed by atoms with Crippen LogP contribution in [0.25, 0.3) is 0 Å². The Morgan fingerprint density at radius 3 is 2.61 bits per heavy atom. The van der Waals surface area contributed by atoms with Gasteiger partial charge in [0.1, 0.15) is 0 Å². The first-order valence-corrected chi connectivity index (χ1v) is 5.60. The van der Waals surface area contributed by atoms with Gasteiger partial charge in [-0.15, -0.1) is 0 Å². The molecule has 0 saturated carbocycles. The SMILES string of the molecule is CCCC(O)CNc1ccc(C(=O)O)c(F)c1F. The number of benzene rings is 1. The van der Waals surface area contributed by atoms with Crippen molar-refractivity contribution in [3.63, 3.8) is 0 Å². The van der Waals surface area contributed by atoms with E-state index < -0.39 is 29.3 Å². The molecule has 0 radical (unpaired) electrons. The Balaban J connectivity index is 2.79. The molecule has 1 aromatic rings. The van der Waals surface area contributed by atoms with E-state index in [-0.39, 0.29) is 12.2 Å². The lowest BCUT2D eigenvalue weighted by Crippen LogP contribution is -2.20. The Morgan fingerprint density at radius 1 is 1.39 bits per heavy atom. The van der Waals surface area contributed by atoms with Crippen molar-refractivity contribution in [1.82, 2.24) is 0 Å². The Labute approximate surface area is 103 Å². The Bertz CT molecular complexity index is 438. The summed E-state index contributed by atoms with van der Waals surface area (Å²) in [5.41, 5.74) is -0.875. The van der Waals surface area contributed by atoms with E-state index in [1.54, 1.807) is 0 Å². The zero-order chi connectivity index (χ0) is 13.7. The molecule has 1 aromatic carbocycles. The molecule has 0 spiro atoms. The van der Waals surface area contributed by atoms with Gasteiger partial charge in [-0.1, -0.05) is 13.3 Å². The minimum atomic E-state index is -1.52. The smallest absolute Gasteiger partial charge is 0.338 e. The van der Waals surface area contributed by atoms with E-state index in [0.29, 0.717) is 6.42 Å². The standard InChI is InChI=1S/C12H15F2NO3/c1-2-3-7(16)6-15-9-5-4-8(12(17)18)10(13)11(9)14/h4-5,7,15-16H,2-3,6H2,1H3,(H,17,18). The van der Waals surface area contributed by atoms with Crippen molar-refractivity contribution in [2.75, 3.05) is 11.9 Å². The van der Waals surface area contributed by atoms with Gasteiger partial charge in [-0.3, -0.25) is 0 Å². The number of anilines is 1. The van der Waals surface area contributed by atoms with Crippen LogP contribution in [0.5, 0.6) is 0 Å². The number of halogens is 2. The predicted molar refractivity (Wildman–Crippen MR) is 62.7 cm³/mol. The number of hydrogen-bond donors (Lipinski definition) is 3. The highest BCUT2D eigenvalue weighted by molar-refractivity contribution is 5.88. The summed E-state index contributed by atoms with van der Waals surface area (Å²) in [4.78, 5) is 10.6. The zero-order valence-corrected chi connectivity index (χ0v) is 9.91. The van der Waals surface area contributed by atoms with Gasteiger partial charge in [0.2, 0.25) is 0 Å². The summed E-state index contributed by atoms with van der Waals surface area (Å²) in [5.74, 6) is -4.18. The van der Waals surface area contributed by atoms with Crippen LogP contribution in [0.2, 0.25) is 0 Å². The van der Waals surface area contributed by atoms with E-state index >= 15 is 0 Å². The molecule has 0 heterocycles. The monoisotopic (exact) mass is 259 g/mol. The van der Waals surface area contributed by atoms with Crippen LogP contribution in [0, 0.1) is 11.6 Å². The Hall–Kier alpha value is -1.69. The van der Waals surface area contributed by atoms with Crippen molar-refractivity contribution in [3.8, 4) is 0 Å². The van der Waals surface area contributed by atoms with Gasteiger partial charge in [-0.05, 0) is 18.6 Å². The fraction of sp³-hybridized carbons (Fsp3) is 0.417. The first kappa shape index (κ1) is 14.4. The Morgan fingerprint density at radius 2 is 2.06 bits per heavy atom. The van der Waals surface area contributed by atoms with Crippen molar-refractivity contribution in [2.24, 2.45) is 0 Å². The highest BCUT2D eigenvalue weighted by Gasteiger charge is 2.18. The molecule has 0 aliphatic rings. The van der Waals surface area contributed by atoms with Crippen molar-refractivity contribution in [2.45, 2.75) is 25.9 Å². The molecule has 0 aliphatic heterocycles. The number of nitrogens with one attached hydrogen (secondary N) is 1. The summed E-state index contributed by atoms with van der Waals surface area (Å²) in [5, 5.41) is 20.6. The van der Waals surface area contributed by atoms with E-state index in [1.807, 2.05) is 6.92 Å². The lowest BCUT2D eigenvalue weighted by Gasteiger charge is -2.13. The van der Waals surface area contributed by atoms with Crippen LogP contribution in [0.1, 0.15) is 30.1 Å². The molecule has 1 atom stereocenters. The molecule has 0 aromatic heterocycles. The maximum atomic E-state index is 13.5. The highest BCUT2D eigenvalue weighted by Crippen LogP contribution is 2.20. The van der Waals surface area contributed by atoms with Crippen LogP contribution >= 0.6 is 0 Å². The molecule has 0 aliphatic carbocycles. The van der Waals surface area contributed by atoms with E-state index in [2.05, 4.69) is 5.32 Å². The molecule has 0 saturated heterocycles. The fourth-order valence-corrected chi connectivity index (χ4v) is 1.51. The molecule has 1 unspecified atom stereocenters. The van der Waals surface area contributed by atoms with Crippen LogP contribution in [0.3, 0.4) is 0 Å². The minimum Gasteiger partial charge on any atom is -0.478 e. The second-order valence-corrected chi connectivity index (χ2v) is 3.92. The van der Waals surface area contributed by atoms with Crippen molar-refractivity contribution in [3.05, 3.63) is 29.3 Å². The molecule has 0 amide bonds. The number of carboxylic acid groups (broad SMARTS) is 1. The number of rotatable bonds is 6. The second kappa shape index (κ2) is 6.30. The van der Waals surface area contributed by atoms with E-state index in [1.165, 1.54) is 0 Å². The van der Waals surface area contributed by atoms with Crippen LogP contribution in [-0.4, -0.2) is 28.8 Å². The molecule has 0 bridgehead atoms. The van der Waals surface area contributed by atoms with Crippen LogP contribution < -0.4 is 5.32 Å². The summed E-state index contributed by atoms with van der Waals surface area (Å²) in [6.45, 7) is 1.97. The summed E-state index contributed by atoms with van der Waals surface area (Å²) in [7, 11) is 0. The lowest BCUT2D eigenvalue weighted by molar-refractivity contribution is 0.0690. The van der Waals surface area contributed by atoms with Gasteiger partial charge < -0.3 is 15.5 Å². The van der Waals surface area contributed by atoms with Crippen LogP contribution in [0.15, 0.2) is 12.1 Å². The van der Waals surface area contributed by atoms with Gasteiger partial charge in [0.25, 0.3) is 0 Å². The molecule has 3 N–H and O–H groups in total. The van der Waals surface area contributed by atoms with Gasteiger partial charge in [0.05, 0.1) is 17.4 Å². The topological polar surface area (TPSA) is 69.6 Å². The van der Waals surface area contributed by atoms with Crippen LogP contribution in [-0.2, 0) is 0 Å². The maximum Gasteiger partial charge on any atom is 0.338 e. The van der Waals surface area contributed by atoms with E-state index in [9.17, 15) is 18.7 Å². The summed E-state index contributed by atoms with van der Waals surface area (Å²) >= 11 is 0. The number of aromatic carboxylic acids is 1. The first-order chi connectivity index (χ1) is 8.47. The van der Waals surface area contributed by atoms with Gasteiger partial charge in [0, 0.05) is 6.54 Å². The average molecular weight is 259 g/mol. The third-order valence-corrected chi connectivity index (χ3v) is 2.46. The molecule has 100 valence electrons. The first-order valence-electron chi connectivity index (χ1n) is 5.60. The maximum absolute atomic E-state index is 13.5. The summed E-state index contributed by atoms with van der Waals surface area (Å²) in [6, 6.07) is 2.12. The van der Waals surface area contributed by atoms with Crippen molar-refractivity contribution >= 4 is 11.7 Å². The number of carbonyl (C=O) groups is 1. The molecule has 4 nitrogen and oxygen atoms in total. The van der Waals surface area contributed by atoms with Crippen molar-refractivity contribution < 1.29 is 23.8 Å². The van der Waals surface area contributed by atoms with Crippen molar-refractivity contribution in [1.29, 1.82) is 0 Å². The number of hydrogen-bond acceptors (Lipinski definition) is 3. The normalized spacial score (nSPS) is 12.2. The molecular weight excluding hydrogens is 244 g/mol. The van der Waals surface area contributed by atoms with Gasteiger partial charge in [-0.25, -0.2) is 13.6 Å². The van der Waals surface area contributed by atoms with Crippen LogP contribution in [0.4, 0.5) is 14.5 Å². The summed E-state index contributed by atoms with van der Waals surface area (Å²) in [6.07, 6.45) is 0.665. The molecule has 6 heteroatoms. The average Bonchev–Trinajstić information content (AvgIpc) is 2.31. The summed E-state index contributed by atoms with van der Waals surface area (Å²) < 4.78 is 26.8. The third kappa shape index (κ3) is 3.40. The minimum absolute atomic E-state index is 0.0800. The molecule has 0 fully saturated rings. The number of aliphatic hydroxyl groups is 1. The molecular formula is C12H15F2NO3. The quantitative estimate of drug-likeness (QED) is 0.732. The van der Waals surface area contributed by atoms with E-state index in [4.69, 9.17) is 5.11 Å². The largest absolute Gasteiger partial charge is 0.478 e. The second-order valence-electron chi connectivity index (χ2n) is 3.92. The lowest BCUT2D eigenvalue weighted by atomic mass is 10.1. The predicted octanol–water partition coefficient (Wildman–Crippen LogP) is 2.24. The van der Waals surface area contributed by atoms with E-state index in [0.717, 1.165) is 18.6 Å². The molecule has 18 heavy (non-hydrogen) atoms. The fourth-order valence-electron chi connectivity index (χ4n) is 1.51. The highest BCUT2D eigenvalue weighted by atomic mass is 19.2. The zero-order valence-electron chi connectivity index (χ0n) is 9.91. The third-order valence-electron chi connectivity index (χ3n) is 2.46. The number of aliphatic hydroxyl groups excluding tert-OH is 1. The van der Waals surface area contributed by atoms with Gasteiger partial charge >= 0.3 is 5.97 Å². The molecule has 1 rings (SSSR count). The number of carboxylic acids is 1. The van der Waals surface area contributed by atoms with Gasteiger partial charge in [-0.2, -0.15) is 0 Å². The van der Waals surface area contributed by atoms with Gasteiger partial charge in [0.15, 0.2) is 11.6 Å².